The second-order valence-corrected chi connectivity index (χ2v) is 13.7. The van der Waals surface area contributed by atoms with Gasteiger partial charge >= 0.3 is 0 Å². The van der Waals surface area contributed by atoms with Crippen molar-refractivity contribution in [2.75, 3.05) is 4.90 Å². The number of benzene rings is 8. The molecule has 0 saturated heterocycles. The number of nitrogens with zero attached hydrogens (tertiary/aromatic N) is 2. The van der Waals surface area contributed by atoms with Gasteiger partial charge in [-0.1, -0.05) is 115 Å². The third-order valence-electron chi connectivity index (χ3n) is 9.78. The molecule has 0 amide bonds. The van der Waals surface area contributed by atoms with Crippen LogP contribution in [-0.2, 0) is 0 Å². The van der Waals surface area contributed by atoms with Crippen LogP contribution in [0.5, 0.6) is 0 Å². The molecule has 49 heavy (non-hydrogen) atoms. The fraction of sp³-hybridized carbons (Fsp3) is 0. The predicted octanol–water partition coefficient (Wildman–Crippen LogP) is 13.4. The summed E-state index contributed by atoms with van der Waals surface area (Å²) in [5, 5.41) is 7.74. The Kier molecular flexibility index (Phi) is 6.39. The van der Waals surface area contributed by atoms with Crippen LogP contribution in [0.15, 0.2) is 182 Å². The molecule has 2 aromatic heterocycles. The number of rotatable bonds is 5. The summed E-state index contributed by atoms with van der Waals surface area (Å²) in [5.74, 6) is 0. The molecule has 0 saturated carbocycles. The maximum absolute atomic E-state index is 2.41. The zero-order valence-corrected chi connectivity index (χ0v) is 27.4. The van der Waals surface area contributed by atoms with Gasteiger partial charge in [0.05, 0.1) is 11.0 Å². The van der Waals surface area contributed by atoms with Gasteiger partial charge in [0.25, 0.3) is 0 Å². The number of fused-ring (bicyclic) bond motifs is 8. The summed E-state index contributed by atoms with van der Waals surface area (Å²) < 4.78 is 5.01. The number of para-hydroxylation sites is 1. The van der Waals surface area contributed by atoms with Crippen LogP contribution < -0.4 is 4.90 Å². The highest BCUT2D eigenvalue weighted by atomic mass is 32.1. The van der Waals surface area contributed by atoms with Crippen molar-refractivity contribution in [1.29, 1.82) is 0 Å². The molecule has 0 fully saturated rings. The normalized spacial score (nSPS) is 11.7. The average molecular weight is 643 g/mol. The summed E-state index contributed by atoms with van der Waals surface area (Å²) in [6, 6.07) is 66.1. The topological polar surface area (TPSA) is 8.17 Å². The van der Waals surface area contributed by atoms with Crippen LogP contribution in [0.4, 0.5) is 17.1 Å². The van der Waals surface area contributed by atoms with Gasteiger partial charge < -0.3 is 9.47 Å². The number of anilines is 3. The molecule has 0 atom stereocenters. The van der Waals surface area contributed by atoms with E-state index < -0.39 is 0 Å². The number of thiophene rings is 1. The van der Waals surface area contributed by atoms with Gasteiger partial charge in [0, 0.05) is 53.7 Å². The van der Waals surface area contributed by atoms with Crippen molar-refractivity contribution in [3.05, 3.63) is 182 Å². The van der Waals surface area contributed by atoms with E-state index in [0.717, 1.165) is 22.7 Å². The molecule has 2 heterocycles. The third-order valence-corrected chi connectivity index (χ3v) is 10.9. The largest absolute Gasteiger partial charge is 0.310 e. The minimum atomic E-state index is 1.11. The molecule has 0 spiro atoms. The molecule has 0 radical (unpaired) electrons. The standard InChI is InChI=1S/C46H30N2S/c1-2-10-31(11-3-1)32-18-21-34(22-19-32)47(37-27-28-40-39-14-7-9-17-44(39)49-45(40)30-37)35-23-25-36(26-24-35)48-42-16-8-6-15-41(42)46-38-13-5-4-12-33(38)20-29-43(46)48/h1-30H. The quantitative estimate of drug-likeness (QED) is 0.181. The van der Waals surface area contributed by atoms with Crippen LogP contribution in [0, 0.1) is 0 Å². The molecule has 2 nitrogen and oxygen atoms in total. The van der Waals surface area contributed by atoms with Gasteiger partial charge in [-0.3, -0.25) is 0 Å². The highest BCUT2D eigenvalue weighted by Gasteiger charge is 2.18. The fourth-order valence-electron chi connectivity index (χ4n) is 7.50. The molecule has 0 N–H and O–H groups in total. The molecular weight excluding hydrogens is 613 g/mol. The molecule has 0 aliphatic carbocycles. The minimum Gasteiger partial charge on any atom is -0.310 e. The van der Waals surface area contributed by atoms with Gasteiger partial charge in [-0.15, -0.1) is 11.3 Å². The first kappa shape index (κ1) is 27.9. The molecule has 3 heteroatoms. The Labute approximate surface area is 288 Å². The molecule has 0 unspecified atom stereocenters. The van der Waals surface area contributed by atoms with Crippen molar-refractivity contribution in [3.8, 4) is 16.8 Å². The van der Waals surface area contributed by atoms with Crippen molar-refractivity contribution in [1.82, 2.24) is 4.57 Å². The molecule has 8 aromatic carbocycles. The van der Waals surface area contributed by atoms with E-state index in [1.165, 1.54) is 63.9 Å². The minimum absolute atomic E-state index is 1.11. The molecule has 10 rings (SSSR count). The molecular formula is C46H30N2S. The Morgan fingerprint density at radius 3 is 1.82 bits per heavy atom. The smallest absolute Gasteiger partial charge is 0.0547 e. The Morgan fingerprint density at radius 1 is 0.388 bits per heavy atom. The van der Waals surface area contributed by atoms with Crippen LogP contribution in [0.3, 0.4) is 0 Å². The van der Waals surface area contributed by atoms with Gasteiger partial charge in [0.1, 0.15) is 0 Å². The predicted molar refractivity (Wildman–Crippen MR) is 211 cm³/mol. The Bertz CT molecular complexity index is 2810. The van der Waals surface area contributed by atoms with Crippen LogP contribution in [0.25, 0.3) is 69.6 Å². The lowest BCUT2D eigenvalue weighted by Crippen LogP contribution is -2.10. The zero-order valence-electron chi connectivity index (χ0n) is 26.6. The van der Waals surface area contributed by atoms with Crippen LogP contribution in [0.1, 0.15) is 0 Å². The highest BCUT2D eigenvalue weighted by molar-refractivity contribution is 7.25. The summed E-state index contributed by atoms with van der Waals surface area (Å²) in [6.07, 6.45) is 0. The highest BCUT2D eigenvalue weighted by Crippen LogP contribution is 2.42. The maximum atomic E-state index is 2.41. The molecule has 10 aromatic rings. The van der Waals surface area contributed by atoms with Crippen LogP contribution >= 0.6 is 11.3 Å². The van der Waals surface area contributed by atoms with Crippen LogP contribution in [-0.4, -0.2) is 4.57 Å². The lowest BCUT2D eigenvalue weighted by molar-refractivity contribution is 1.17. The number of hydrogen-bond donors (Lipinski definition) is 0. The Balaban J connectivity index is 1.13. The summed E-state index contributed by atoms with van der Waals surface area (Å²) >= 11 is 1.86. The van der Waals surface area contributed by atoms with Crippen molar-refractivity contribution >= 4 is 81.1 Å². The monoisotopic (exact) mass is 642 g/mol. The maximum Gasteiger partial charge on any atom is 0.0547 e. The van der Waals surface area contributed by atoms with E-state index in [2.05, 4.69) is 191 Å². The Hall–Kier alpha value is -6.16. The second-order valence-electron chi connectivity index (χ2n) is 12.6. The van der Waals surface area contributed by atoms with Crippen molar-refractivity contribution in [3.63, 3.8) is 0 Å². The van der Waals surface area contributed by atoms with Crippen molar-refractivity contribution in [2.24, 2.45) is 0 Å². The molecule has 0 bridgehead atoms. The van der Waals surface area contributed by atoms with E-state index >= 15 is 0 Å². The average Bonchev–Trinajstić information content (AvgIpc) is 3.72. The molecule has 0 aliphatic heterocycles. The van der Waals surface area contributed by atoms with Crippen LogP contribution in [0.2, 0.25) is 0 Å². The summed E-state index contributed by atoms with van der Waals surface area (Å²) in [5.41, 5.74) is 9.38. The first-order chi connectivity index (χ1) is 24.3. The third kappa shape index (κ3) is 4.55. The van der Waals surface area contributed by atoms with Crippen molar-refractivity contribution in [2.45, 2.75) is 0 Å². The summed E-state index contributed by atoms with van der Waals surface area (Å²) in [4.78, 5) is 2.38. The van der Waals surface area contributed by atoms with Crippen molar-refractivity contribution < 1.29 is 0 Å². The van der Waals surface area contributed by atoms with Gasteiger partial charge in [-0.2, -0.15) is 0 Å². The number of hydrogen-bond acceptors (Lipinski definition) is 2. The lowest BCUT2D eigenvalue weighted by Gasteiger charge is -2.26. The van der Waals surface area contributed by atoms with Gasteiger partial charge in [0.15, 0.2) is 0 Å². The molecule has 0 aliphatic rings. The first-order valence-corrected chi connectivity index (χ1v) is 17.5. The van der Waals surface area contributed by atoms with Gasteiger partial charge in [0.2, 0.25) is 0 Å². The zero-order chi connectivity index (χ0) is 32.3. The van der Waals surface area contributed by atoms with E-state index in [9.17, 15) is 0 Å². The number of aromatic nitrogens is 1. The van der Waals surface area contributed by atoms with Gasteiger partial charge in [-0.05, 0) is 88.6 Å². The fourth-order valence-corrected chi connectivity index (χ4v) is 8.64. The second kappa shape index (κ2) is 11.2. The molecule has 230 valence electrons. The first-order valence-electron chi connectivity index (χ1n) is 16.7. The summed E-state index contributed by atoms with van der Waals surface area (Å²) in [6.45, 7) is 0. The van der Waals surface area contributed by atoms with E-state index in [1.807, 2.05) is 11.3 Å². The summed E-state index contributed by atoms with van der Waals surface area (Å²) in [7, 11) is 0. The van der Waals surface area contributed by atoms with E-state index in [-0.39, 0.29) is 0 Å². The Morgan fingerprint density at radius 2 is 1.00 bits per heavy atom. The van der Waals surface area contributed by atoms with E-state index in [0.29, 0.717) is 0 Å². The van der Waals surface area contributed by atoms with E-state index in [4.69, 9.17) is 0 Å². The van der Waals surface area contributed by atoms with E-state index in [1.54, 1.807) is 0 Å². The lowest BCUT2D eigenvalue weighted by atomic mass is 10.0. The SMILES string of the molecule is c1ccc(-c2ccc(N(c3ccc(-n4c5ccccc5c5c6ccccc6ccc54)cc3)c3ccc4c(c3)sc3ccccc34)cc2)cc1. The van der Waals surface area contributed by atoms with Gasteiger partial charge in [-0.25, -0.2) is 0 Å².